The summed E-state index contributed by atoms with van der Waals surface area (Å²) in [6, 6.07) is 24.1. The molecule has 254 valence electrons. The predicted octanol–water partition coefficient (Wildman–Crippen LogP) is 4.46. The molecule has 0 amide bonds. The van der Waals surface area contributed by atoms with Gasteiger partial charge in [-0.05, 0) is 36.8 Å². The molecule has 0 aliphatic heterocycles. The summed E-state index contributed by atoms with van der Waals surface area (Å²) in [6.07, 6.45) is 0. The largest absolute Gasteiger partial charge is 0.491 e. The molecule has 0 aliphatic carbocycles. The highest BCUT2D eigenvalue weighted by atomic mass is 32.2. The fourth-order valence-corrected chi connectivity index (χ4v) is 4.68. The fraction of sp³-hybridized carbons (Fsp3) is 0.471. The van der Waals surface area contributed by atoms with Gasteiger partial charge < -0.3 is 37.9 Å². The first-order valence-corrected chi connectivity index (χ1v) is 16.8. The first-order valence-electron chi connectivity index (χ1n) is 15.3. The Kier molecular flexibility index (Phi) is 18.9. The van der Waals surface area contributed by atoms with E-state index >= 15 is 0 Å². The molecule has 46 heavy (non-hydrogen) atoms. The van der Waals surface area contributed by atoms with Crippen molar-refractivity contribution in [2.45, 2.75) is 18.4 Å². The Morgan fingerprint density at radius 1 is 0.478 bits per heavy atom. The van der Waals surface area contributed by atoms with E-state index in [-0.39, 0.29) is 18.1 Å². The quantitative estimate of drug-likeness (QED) is 0.0851. The van der Waals surface area contributed by atoms with E-state index in [0.717, 1.165) is 22.6 Å². The standard InChI is InChI=1S/C34H46O11S/c1-30-10-12-34(13-11-30)46(35,36)45-27-25-42-23-21-40-19-17-38-15-14-37-16-18-39-20-22-41-24-26-43-32-8-5-9-33(28-32)44-29-31-6-3-2-4-7-31/h2-13,28H,14-27,29H2,1H3. The summed E-state index contributed by atoms with van der Waals surface area (Å²) in [4.78, 5) is 0.129. The van der Waals surface area contributed by atoms with Gasteiger partial charge in [0.25, 0.3) is 10.1 Å². The van der Waals surface area contributed by atoms with E-state index in [0.29, 0.717) is 85.9 Å². The van der Waals surface area contributed by atoms with Crippen molar-refractivity contribution in [1.82, 2.24) is 0 Å². The molecule has 0 N–H and O–H groups in total. The third-order valence-corrected chi connectivity index (χ3v) is 7.51. The van der Waals surface area contributed by atoms with Crippen LogP contribution in [-0.4, -0.2) is 101 Å². The Hall–Kier alpha value is -3.07. The lowest BCUT2D eigenvalue weighted by Gasteiger charge is -2.10. The molecule has 0 bridgehead atoms. The van der Waals surface area contributed by atoms with Crippen LogP contribution in [-0.2, 0) is 49.3 Å². The monoisotopic (exact) mass is 662 g/mol. The molecule has 11 nitrogen and oxygen atoms in total. The maximum atomic E-state index is 12.1. The Labute approximate surface area is 272 Å². The first-order chi connectivity index (χ1) is 22.5. The summed E-state index contributed by atoms with van der Waals surface area (Å²) in [5.41, 5.74) is 2.09. The van der Waals surface area contributed by atoms with Crippen molar-refractivity contribution in [3.63, 3.8) is 0 Å². The van der Waals surface area contributed by atoms with Gasteiger partial charge in [-0.15, -0.1) is 0 Å². The highest BCUT2D eigenvalue weighted by Gasteiger charge is 2.14. The Morgan fingerprint density at radius 2 is 0.935 bits per heavy atom. The van der Waals surface area contributed by atoms with Crippen molar-refractivity contribution in [2.24, 2.45) is 0 Å². The van der Waals surface area contributed by atoms with Gasteiger partial charge in [-0.3, -0.25) is 4.18 Å². The van der Waals surface area contributed by atoms with Crippen molar-refractivity contribution in [2.75, 3.05) is 92.5 Å². The molecule has 3 rings (SSSR count). The highest BCUT2D eigenvalue weighted by Crippen LogP contribution is 2.20. The molecule has 0 aromatic heterocycles. The van der Waals surface area contributed by atoms with Crippen LogP contribution in [0.1, 0.15) is 11.1 Å². The average molecular weight is 663 g/mol. The minimum Gasteiger partial charge on any atom is -0.491 e. The van der Waals surface area contributed by atoms with Crippen molar-refractivity contribution in [1.29, 1.82) is 0 Å². The first kappa shape index (κ1) is 37.4. The molecule has 0 fully saturated rings. The lowest BCUT2D eigenvalue weighted by molar-refractivity contribution is -0.0187. The number of ether oxygens (including phenoxy) is 8. The number of rotatable bonds is 27. The zero-order chi connectivity index (χ0) is 32.5. The van der Waals surface area contributed by atoms with Crippen LogP contribution in [0.25, 0.3) is 0 Å². The van der Waals surface area contributed by atoms with Crippen LogP contribution in [0, 0.1) is 6.92 Å². The van der Waals surface area contributed by atoms with Gasteiger partial charge in [0, 0.05) is 6.07 Å². The highest BCUT2D eigenvalue weighted by molar-refractivity contribution is 7.86. The molecule has 12 heteroatoms. The molecule has 0 radical (unpaired) electrons. The third-order valence-electron chi connectivity index (χ3n) is 6.19. The van der Waals surface area contributed by atoms with E-state index in [1.165, 1.54) is 12.1 Å². The van der Waals surface area contributed by atoms with Gasteiger partial charge >= 0.3 is 0 Å². The zero-order valence-electron chi connectivity index (χ0n) is 26.5. The Morgan fingerprint density at radius 3 is 1.46 bits per heavy atom. The molecule has 0 heterocycles. The van der Waals surface area contributed by atoms with Crippen molar-refractivity contribution >= 4 is 10.1 Å². The zero-order valence-corrected chi connectivity index (χ0v) is 27.3. The van der Waals surface area contributed by atoms with E-state index in [4.69, 9.17) is 42.1 Å². The lowest BCUT2D eigenvalue weighted by Crippen LogP contribution is -2.15. The molecular formula is C34H46O11S. The molecule has 0 unspecified atom stereocenters. The van der Waals surface area contributed by atoms with Gasteiger partial charge in [0.05, 0.1) is 90.8 Å². The van der Waals surface area contributed by atoms with Gasteiger partial charge in [-0.25, -0.2) is 0 Å². The van der Waals surface area contributed by atoms with Crippen molar-refractivity contribution in [3.8, 4) is 11.5 Å². The van der Waals surface area contributed by atoms with E-state index in [1.54, 1.807) is 12.1 Å². The summed E-state index contributed by atoms with van der Waals surface area (Å²) >= 11 is 0. The Balaban J connectivity index is 1.01. The average Bonchev–Trinajstić information content (AvgIpc) is 3.07. The summed E-state index contributed by atoms with van der Waals surface area (Å²) in [6.45, 7) is 7.75. The maximum Gasteiger partial charge on any atom is 0.297 e. The van der Waals surface area contributed by atoms with E-state index < -0.39 is 10.1 Å². The van der Waals surface area contributed by atoms with Crippen LogP contribution >= 0.6 is 0 Å². The van der Waals surface area contributed by atoms with Gasteiger partial charge in [-0.1, -0.05) is 54.1 Å². The smallest absolute Gasteiger partial charge is 0.297 e. The van der Waals surface area contributed by atoms with Crippen molar-refractivity contribution < 1.29 is 50.5 Å². The molecule has 0 saturated carbocycles. The topological polar surface area (TPSA) is 117 Å². The van der Waals surface area contributed by atoms with Crippen LogP contribution in [0.15, 0.2) is 83.8 Å². The molecule has 3 aromatic carbocycles. The van der Waals surface area contributed by atoms with Gasteiger partial charge in [-0.2, -0.15) is 8.42 Å². The third kappa shape index (κ3) is 17.0. The molecule has 0 aliphatic rings. The second kappa shape index (κ2) is 23.3. The van der Waals surface area contributed by atoms with E-state index in [2.05, 4.69) is 0 Å². The predicted molar refractivity (Wildman–Crippen MR) is 172 cm³/mol. The van der Waals surface area contributed by atoms with Crippen LogP contribution in [0.4, 0.5) is 0 Å². The molecule has 0 spiro atoms. The number of benzene rings is 3. The lowest BCUT2D eigenvalue weighted by atomic mass is 10.2. The van der Waals surface area contributed by atoms with Gasteiger partial charge in [0.15, 0.2) is 0 Å². The molecule has 0 atom stereocenters. The maximum absolute atomic E-state index is 12.1. The van der Waals surface area contributed by atoms with Gasteiger partial charge in [0.2, 0.25) is 0 Å². The number of hydrogen-bond donors (Lipinski definition) is 0. The summed E-state index contributed by atoms with van der Waals surface area (Å²) in [5.74, 6) is 1.49. The normalized spacial score (nSPS) is 11.5. The van der Waals surface area contributed by atoms with E-state index in [1.807, 2.05) is 61.5 Å². The minimum absolute atomic E-state index is 0.0587. The summed E-state index contributed by atoms with van der Waals surface area (Å²) in [7, 11) is -3.77. The summed E-state index contributed by atoms with van der Waals surface area (Å²) < 4.78 is 73.5. The Bertz CT molecular complexity index is 1290. The molecule has 3 aromatic rings. The van der Waals surface area contributed by atoms with Crippen LogP contribution in [0.5, 0.6) is 11.5 Å². The van der Waals surface area contributed by atoms with E-state index in [9.17, 15) is 8.42 Å². The van der Waals surface area contributed by atoms with Crippen LogP contribution in [0.2, 0.25) is 0 Å². The van der Waals surface area contributed by atoms with Crippen molar-refractivity contribution in [3.05, 3.63) is 90.0 Å². The number of aryl methyl sites for hydroxylation is 1. The second-order valence-corrected chi connectivity index (χ2v) is 11.5. The summed E-state index contributed by atoms with van der Waals surface area (Å²) in [5, 5.41) is 0. The molecular weight excluding hydrogens is 616 g/mol. The molecule has 0 saturated heterocycles. The van der Waals surface area contributed by atoms with Gasteiger partial charge in [0.1, 0.15) is 24.7 Å². The fourth-order valence-electron chi connectivity index (χ4n) is 3.79. The second-order valence-electron chi connectivity index (χ2n) is 9.86. The van der Waals surface area contributed by atoms with Crippen LogP contribution < -0.4 is 9.47 Å². The van der Waals surface area contributed by atoms with Crippen LogP contribution in [0.3, 0.4) is 0 Å². The minimum atomic E-state index is -3.77. The SMILES string of the molecule is Cc1ccc(S(=O)(=O)OCCOCCOCCOCCOCCOCCOCCOc2cccc(OCc3ccccc3)c2)cc1. The number of hydrogen-bond acceptors (Lipinski definition) is 11.